The summed E-state index contributed by atoms with van der Waals surface area (Å²) in [6, 6.07) is 4.02. The van der Waals surface area contributed by atoms with Crippen LogP contribution in [-0.2, 0) is 20.7 Å². The predicted octanol–water partition coefficient (Wildman–Crippen LogP) is 5.31. The van der Waals surface area contributed by atoms with Gasteiger partial charge in [-0.15, -0.1) is 0 Å². The highest BCUT2D eigenvalue weighted by atomic mass is 16.5. The monoisotopic (exact) mass is 412 g/mol. The predicted molar refractivity (Wildman–Crippen MR) is 113 cm³/mol. The van der Waals surface area contributed by atoms with Gasteiger partial charge in [0.2, 0.25) is 0 Å². The van der Waals surface area contributed by atoms with Crippen LogP contribution in [0.5, 0.6) is 11.5 Å². The van der Waals surface area contributed by atoms with Crippen LogP contribution in [0.4, 0.5) is 0 Å². The van der Waals surface area contributed by atoms with Crippen LogP contribution in [0.2, 0.25) is 0 Å². The fourth-order valence-corrected chi connectivity index (χ4v) is 6.03. The zero-order valence-corrected chi connectivity index (χ0v) is 18.5. The van der Waals surface area contributed by atoms with Crippen LogP contribution in [-0.4, -0.2) is 18.5 Å². The molecule has 4 atom stereocenters. The summed E-state index contributed by atoms with van der Waals surface area (Å²) in [7, 11) is 0. The van der Waals surface area contributed by atoms with Crippen LogP contribution in [0, 0.1) is 17.3 Å². The lowest BCUT2D eigenvalue weighted by Gasteiger charge is -2.49. The molecule has 0 bridgehead atoms. The summed E-state index contributed by atoms with van der Waals surface area (Å²) in [5.74, 6) is 3.13. The Kier molecular flexibility index (Phi) is 5.65. The van der Waals surface area contributed by atoms with E-state index >= 15 is 0 Å². The van der Waals surface area contributed by atoms with Crippen molar-refractivity contribution in [1.82, 2.24) is 0 Å². The van der Waals surface area contributed by atoms with E-state index in [2.05, 4.69) is 19.1 Å². The Bertz CT molecular complexity index is 886. The van der Waals surface area contributed by atoms with Gasteiger partial charge in [0.15, 0.2) is 0 Å². The maximum Gasteiger partial charge on any atom is 0.310 e. The van der Waals surface area contributed by atoms with Gasteiger partial charge in [0, 0.05) is 30.4 Å². The van der Waals surface area contributed by atoms with Gasteiger partial charge in [-0.25, -0.2) is 0 Å². The molecule has 3 aliphatic carbocycles. The average Bonchev–Trinajstić information content (AvgIpc) is 3.03. The van der Waals surface area contributed by atoms with Crippen LogP contribution in [0.25, 0.3) is 0 Å². The number of carbonyl (C=O) groups is 2. The van der Waals surface area contributed by atoms with Crippen molar-refractivity contribution in [3.05, 3.63) is 35.1 Å². The van der Waals surface area contributed by atoms with E-state index in [0.717, 1.165) is 43.6 Å². The van der Waals surface area contributed by atoms with E-state index in [4.69, 9.17) is 14.2 Å². The van der Waals surface area contributed by atoms with Crippen molar-refractivity contribution in [3.63, 3.8) is 0 Å². The van der Waals surface area contributed by atoms with Crippen LogP contribution in [0.15, 0.2) is 24.0 Å². The smallest absolute Gasteiger partial charge is 0.310 e. The third-order valence-electron chi connectivity index (χ3n) is 7.34. The van der Waals surface area contributed by atoms with Crippen LogP contribution in [0.3, 0.4) is 0 Å². The fraction of sp³-hybridized carbons (Fsp3) is 0.600. The minimum Gasteiger partial charge on any atom is -0.494 e. The van der Waals surface area contributed by atoms with Crippen molar-refractivity contribution in [2.24, 2.45) is 17.3 Å². The van der Waals surface area contributed by atoms with Crippen LogP contribution >= 0.6 is 0 Å². The number of hydrogen-bond donors (Lipinski definition) is 0. The zero-order valence-electron chi connectivity index (χ0n) is 18.5. The van der Waals surface area contributed by atoms with Gasteiger partial charge in [-0.3, -0.25) is 9.59 Å². The standard InChI is InChI=1S/C25H32O5/c1-5-23(27)30-21-14-17(28-6-2)13-16-7-8-18-19(24(16)21)11-12-25(4)20(18)9-10-22(25)29-15(3)26/h10,13-14,18-20H,5-9,11-12H2,1-4H3/t18-,19+,20+,25+/m1/s1. The lowest BCUT2D eigenvalue weighted by Crippen LogP contribution is -2.42. The van der Waals surface area contributed by atoms with Crippen molar-refractivity contribution in [2.75, 3.05) is 6.61 Å². The minimum atomic E-state index is -0.239. The second-order valence-electron chi connectivity index (χ2n) is 9.02. The SMILES string of the molecule is CCOc1cc2c(c(OC(=O)CC)c1)[C@H]1CC[C@]3(C)C(OC(C)=O)=CC[C@H]3[C@@H]1CC2. The largest absolute Gasteiger partial charge is 0.494 e. The molecule has 0 aromatic heterocycles. The highest BCUT2D eigenvalue weighted by Gasteiger charge is 2.53. The Balaban J connectivity index is 1.68. The molecule has 3 aliphatic rings. The van der Waals surface area contributed by atoms with Gasteiger partial charge in [-0.1, -0.05) is 13.8 Å². The summed E-state index contributed by atoms with van der Waals surface area (Å²) in [5, 5.41) is 0. The first-order chi connectivity index (χ1) is 14.4. The van der Waals surface area contributed by atoms with E-state index in [9.17, 15) is 9.59 Å². The Hall–Kier alpha value is -2.30. The van der Waals surface area contributed by atoms with Gasteiger partial charge in [0.05, 0.1) is 6.61 Å². The lowest BCUT2D eigenvalue weighted by molar-refractivity contribution is -0.139. The summed E-state index contributed by atoms with van der Waals surface area (Å²) < 4.78 is 17.2. The van der Waals surface area contributed by atoms with Crippen molar-refractivity contribution in [2.45, 2.75) is 72.1 Å². The molecule has 0 aliphatic heterocycles. The first-order valence-corrected chi connectivity index (χ1v) is 11.3. The average molecular weight is 413 g/mol. The molecule has 0 heterocycles. The van der Waals surface area contributed by atoms with E-state index in [-0.39, 0.29) is 17.4 Å². The number of allylic oxidation sites excluding steroid dienone is 2. The first-order valence-electron chi connectivity index (χ1n) is 11.3. The van der Waals surface area contributed by atoms with Crippen molar-refractivity contribution in [1.29, 1.82) is 0 Å². The van der Waals surface area contributed by atoms with Crippen molar-refractivity contribution < 1.29 is 23.8 Å². The lowest BCUT2D eigenvalue weighted by atomic mass is 9.55. The van der Waals surface area contributed by atoms with Gasteiger partial charge < -0.3 is 14.2 Å². The molecular weight excluding hydrogens is 380 g/mol. The first kappa shape index (κ1) is 21.0. The molecule has 162 valence electrons. The molecule has 0 spiro atoms. The Morgan fingerprint density at radius 2 is 1.97 bits per heavy atom. The number of ether oxygens (including phenoxy) is 3. The second-order valence-corrected chi connectivity index (χ2v) is 9.02. The van der Waals surface area contributed by atoms with Crippen LogP contribution < -0.4 is 9.47 Å². The highest BCUT2D eigenvalue weighted by molar-refractivity contribution is 5.73. The molecule has 0 saturated heterocycles. The van der Waals surface area contributed by atoms with Crippen molar-refractivity contribution >= 4 is 11.9 Å². The Morgan fingerprint density at radius 1 is 1.17 bits per heavy atom. The maximum atomic E-state index is 12.2. The quantitative estimate of drug-likeness (QED) is 0.484. The van der Waals surface area contributed by atoms with Gasteiger partial charge in [0.25, 0.3) is 0 Å². The molecule has 1 aromatic rings. The molecular formula is C25H32O5. The number of rotatable bonds is 5. The number of esters is 2. The molecule has 0 N–H and O–H groups in total. The molecule has 5 heteroatoms. The molecule has 0 amide bonds. The fourth-order valence-electron chi connectivity index (χ4n) is 6.03. The molecule has 5 nitrogen and oxygen atoms in total. The molecule has 1 fully saturated rings. The Morgan fingerprint density at radius 3 is 2.67 bits per heavy atom. The summed E-state index contributed by atoms with van der Waals surface area (Å²) >= 11 is 0. The summed E-state index contributed by atoms with van der Waals surface area (Å²) in [6.45, 7) is 8.09. The van der Waals surface area contributed by atoms with E-state index < -0.39 is 0 Å². The number of aryl methyl sites for hydroxylation is 1. The maximum absolute atomic E-state index is 12.2. The highest BCUT2D eigenvalue weighted by Crippen LogP contribution is 2.62. The third kappa shape index (κ3) is 3.52. The number of hydrogen-bond acceptors (Lipinski definition) is 5. The summed E-state index contributed by atoms with van der Waals surface area (Å²) in [5.41, 5.74) is 2.35. The number of carbonyl (C=O) groups excluding carboxylic acids is 2. The number of benzene rings is 1. The molecule has 0 unspecified atom stereocenters. The van der Waals surface area contributed by atoms with E-state index in [1.807, 2.05) is 19.9 Å². The van der Waals surface area contributed by atoms with Crippen LogP contribution in [0.1, 0.15) is 76.8 Å². The molecule has 1 saturated carbocycles. The van der Waals surface area contributed by atoms with E-state index in [0.29, 0.717) is 36.5 Å². The van der Waals surface area contributed by atoms with E-state index in [1.54, 1.807) is 0 Å². The molecule has 0 radical (unpaired) electrons. The third-order valence-corrected chi connectivity index (χ3v) is 7.34. The van der Waals surface area contributed by atoms with Gasteiger partial charge in [0.1, 0.15) is 17.3 Å². The summed E-state index contributed by atoms with van der Waals surface area (Å²) in [4.78, 5) is 23.8. The Labute approximate surface area is 178 Å². The van der Waals surface area contributed by atoms with Gasteiger partial charge in [-0.05, 0) is 74.5 Å². The van der Waals surface area contributed by atoms with Gasteiger partial charge >= 0.3 is 11.9 Å². The molecule has 30 heavy (non-hydrogen) atoms. The molecule has 4 rings (SSSR count). The molecule has 1 aromatic carbocycles. The summed E-state index contributed by atoms with van der Waals surface area (Å²) in [6.07, 6.45) is 7.41. The second kappa shape index (κ2) is 8.09. The number of fused-ring (bicyclic) bond motifs is 5. The van der Waals surface area contributed by atoms with Gasteiger partial charge in [-0.2, -0.15) is 0 Å². The minimum absolute atomic E-state index is 0.0874. The zero-order chi connectivity index (χ0) is 21.5. The normalized spacial score (nSPS) is 29.2. The topological polar surface area (TPSA) is 61.8 Å². The van der Waals surface area contributed by atoms with E-state index in [1.165, 1.54) is 18.1 Å². The van der Waals surface area contributed by atoms with Crippen molar-refractivity contribution in [3.8, 4) is 11.5 Å².